The zero-order valence-corrected chi connectivity index (χ0v) is 13.3. The largest absolute Gasteiger partial charge is 0.491 e. The van der Waals surface area contributed by atoms with E-state index in [2.05, 4.69) is 5.32 Å². The summed E-state index contributed by atoms with van der Waals surface area (Å²) in [6.45, 7) is 1.98. The van der Waals surface area contributed by atoms with E-state index < -0.39 is 17.8 Å². The van der Waals surface area contributed by atoms with E-state index in [1.165, 1.54) is 6.07 Å². The van der Waals surface area contributed by atoms with E-state index in [1.807, 2.05) is 25.1 Å². The lowest BCUT2D eigenvalue weighted by Gasteiger charge is -2.14. The van der Waals surface area contributed by atoms with Crippen LogP contribution in [-0.2, 0) is 0 Å². The van der Waals surface area contributed by atoms with E-state index in [0.29, 0.717) is 5.75 Å². The van der Waals surface area contributed by atoms with Gasteiger partial charge < -0.3 is 15.2 Å². The fourth-order valence-corrected chi connectivity index (χ4v) is 2.19. The molecule has 0 spiro atoms. The lowest BCUT2D eigenvalue weighted by Crippen LogP contribution is -2.35. The lowest BCUT2D eigenvalue weighted by molar-refractivity contribution is 0.0844. The zero-order valence-electron chi connectivity index (χ0n) is 12.6. The molecule has 0 aliphatic heterocycles. The Morgan fingerprint density at radius 1 is 1.35 bits per heavy atom. The molecular formula is C17H17ClFNO3. The van der Waals surface area contributed by atoms with Gasteiger partial charge in [0.25, 0.3) is 5.91 Å². The van der Waals surface area contributed by atoms with Crippen molar-refractivity contribution in [1.29, 1.82) is 0 Å². The van der Waals surface area contributed by atoms with Crippen LogP contribution >= 0.6 is 11.6 Å². The van der Waals surface area contributed by atoms with Gasteiger partial charge in [0.15, 0.2) is 0 Å². The number of aliphatic hydroxyl groups excluding tert-OH is 1. The van der Waals surface area contributed by atoms with Gasteiger partial charge in [-0.2, -0.15) is 0 Å². The second kappa shape index (κ2) is 7.94. The summed E-state index contributed by atoms with van der Waals surface area (Å²) >= 11 is 5.81. The number of carbonyl (C=O) groups is 1. The van der Waals surface area contributed by atoms with Crippen molar-refractivity contribution < 1.29 is 19.0 Å². The minimum atomic E-state index is -0.876. The van der Waals surface area contributed by atoms with Gasteiger partial charge in [-0.1, -0.05) is 23.7 Å². The molecule has 0 aliphatic rings. The van der Waals surface area contributed by atoms with Crippen LogP contribution < -0.4 is 10.1 Å². The Morgan fingerprint density at radius 3 is 2.83 bits per heavy atom. The Morgan fingerprint density at radius 2 is 2.13 bits per heavy atom. The number of carbonyl (C=O) groups excluding carboxylic acids is 1. The Hall–Kier alpha value is -2.11. The van der Waals surface area contributed by atoms with E-state index in [0.717, 1.165) is 17.7 Å². The van der Waals surface area contributed by atoms with Crippen LogP contribution in [0.5, 0.6) is 5.75 Å². The van der Waals surface area contributed by atoms with Crippen molar-refractivity contribution in [2.24, 2.45) is 0 Å². The maximum absolute atomic E-state index is 12.9. The molecule has 23 heavy (non-hydrogen) atoms. The minimum absolute atomic E-state index is 0.00163. The van der Waals surface area contributed by atoms with Crippen molar-refractivity contribution >= 4 is 17.5 Å². The number of rotatable bonds is 6. The molecule has 0 heterocycles. The molecule has 2 aromatic carbocycles. The molecule has 2 rings (SSSR count). The molecule has 2 aromatic rings. The second-order valence-corrected chi connectivity index (χ2v) is 5.52. The predicted octanol–water partition coefficient (Wildman–Crippen LogP) is 2.96. The molecule has 1 amide bonds. The number of halogens is 2. The summed E-state index contributed by atoms with van der Waals surface area (Å²) in [5.74, 6) is -0.347. The number of hydrogen-bond donors (Lipinski definition) is 2. The summed E-state index contributed by atoms with van der Waals surface area (Å²) in [5.41, 5.74) is 1.20. The fourth-order valence-electron chi connectivity index (χ4n) is 1.94. The Kier molecular flexibility index (Phi) is 5.96. The van der Waals surface area contributed by atoms with Crippen LogP contribution in [-0.4, -0.2) is 30.3 Å². The number of ether oxygens (including phenoxy) is 1. The van der Waals surface area contributed by atoms with Crippen molar-refractivity contribution in [2.45, 2.75) is 13.0 Å². The first-order valence-electron chi connectivity index (χ1n) is 7.06. The summed E-state index contributed by atoms with van der Waals surface area (Å²) in [5, 5.41) is 12.4. The highest BCUT2D eigenvalue weighted by Gasteiger charge is 2.13. The van der Waals surface area contributed by atoms with Crippen LogP contribution in [0, 0.1) is 12.7 Å². The third kappa shape index (κ3) is 5.23. The molecule has 1 atom stereocenters. The summed E-state index contributed by atoms with van der Waals surface area (Å²) < 4.78 is 18.4. The van der Waals surface area contributed by atoms with E-state index in [-0.39, 0.29) is 23.7 Å². The van der Waals surface area contributed by atoms with Crippen LogP contribution in [0.25, 0.3) is 0 Å². The predicted molar refractivity (Wildman–Crippen MR) is 86.4 cm³/mol. The maximum atomic E-state index is 12.9. The minimum Gasteiger partial charge on any atom is -0.491 e. The fraction of sp³-hybridized carbons (Fsp3) is 0.235. The van der Waals surface area contributed by atoms with E-state index in [4.69, 9.17) is 16.3 Å². The lowest BCUT2D eigenvalue weighted by atomic mass is 10.2. The molecule has 0 aromatic heterocycles. The highest BCUT2D eigenvalue weighted by Crippen LogP contribution is 2.17. The molecule has 2 N–H and O–H groups in total. The molecule has 4 nitrogen and oxygen atoms in total. The number of aliphatic hydroxyl groups is 1. The molecule has 122 valence electrons. The maximum Gasteiger partial charge on any atom is 0.252 e. The summed E-state index contributed by atoms with van der Waals surface area (Å²) in [7, 11) is 0. The molecule has 0 saturated carbocycles. The number of nitrogens with one attached hydrogen (secondary N) is 1. The van der Waals surface area contributed by atoms with Crippen LogP contribution in [0.2, 0.25) is 5.02 Å². The van der Waals surface area contributed by atoms with Crippen molar-refractivity contribution in [2.75, 3.05) is 13.2 Å². The summed E-state index contributed by atoms with van der Waals surface area (Å²) in [4.78, 5) is 11.9. The highest BCUT2D eigenvalue weighted by molar-refractivity contribution is 6.33. The zero-order chi connectivity index (χ0) is 16.8. The SMILES string of the molecule is Cc1cccc(OC[C@H](O)CNC(=O)c2ccc(F)cc2Cl)c1. The smallest absolute Gasteiger partial charge is 0.252 e. The topological polar surface area (TPSA) is 58.6 Å². The molecule has 0 saturated heterocycles. The molecule has 0 bridgehead atoms. The van der Waals surface area contributed by atoms with Gasteiger partial charge in [0.05, 0.1) is 10.6 Å². The Labute approximate surface area is 138 Å². The van der Waals surface area contributed by atoms with E-state index in [9.17, 15) is 14.3 Å². The Bertz CT molecular complexity index is 693. The van der Waals surface area contributed by atoms with Crippen LogP contribution in [0.4, 0.5) is 4.39 Å². The van der Waals surface area contributed by atoms with Gasteiger partial charge in [-0.25, -0.2) is 4.39 Å². The first-order chi connectivity index (χ1) is 11.0. The van der Waals surface area contributed by atoms with Crippen molar-refractivity contribution in [1.82, 2.24) is 5.32 Å². The Balaban J connectivity index is 1.81. The third-order valence-corrected chi connectivity index (χ3v) is 3.42. The van der Waals surface area contributed by atoms with E-state index in [1.54, 1.807) is 6.07 Å². The standard InChI is InChI=1S/C17H17ClFNO3/c1-11-3-2-4-14(7-11)23-10-13(21)9-20-17(22)15-6-5-12(19)8-16(15)18/h2-8,13,21H,9-10H2,1H3,(H,20,22)/t13-/m1/s1. The summed E-state index contributed by atoms with van der Waals surface area (Å²) in [6.07, 6.45) is -0.876. The van der Waals surface area contributed by atoms with Gasteiger partial charge in [-0.05, 0) is 42.8 Å². The van der Waals surface area contributed by atoms with Gasteiger partial charge in [0.1, 0.15) is 24.3 Å². The van der Waals surface area contributed by atoms with Crippen LogP contribution in [0.15, 0.2) is 42.5 Å². The van der Waals surface area contributed by atoms with Crippen molar-refractivity contribution in [3.05, 3.63) is 64.4 Å². The quantitative estimate of drug-likeness (QED) is 0.852. The van der Waals surface area contributed by atoms with E-state index >= 15 is 0 Å². The third-order valence-electron chi connectivity index (χ3n) is 3.11. The van der Waals surface area contributed by atoms with Gasteiger partial charge in [0, 0.05) is 6.54 Å². The van der Waals surface area contributed by atoms with Crippen molar-refractivity contribution in [3.63, 3.8) is 0 Å². The van der Waals surface area contributed by atoms with Crippen LogP contribution in [0.1, 0.15) is 15.9 Å². The van der Waals surface area contributed by atoms with Gasteiger partial charge in [0.2, 0.25) is 0 Å². The van der Waals surface area contributed by atoms with Gasteiger partial charge >= 0.3 is 0 Å². The number of hydrogen-bond acceptors (Lipinski definition) is 3. The highest BCUT2D eigenvalue weighted by atomic mass is 35.5. The van der Waals surface area contributed by atoms with Gasteiger partial charge in [-0.15, -0.1) is 0 Å². The van der Waals surface area contributed by atoms with Crippen molar-refractivity contribution in [3.8, 4) is 5.75 Å². The molecule has 0 aliphatic carbocycles. The number of amides is 1. The van der Waals surface area contributed by atoms with Gasteiger partial charge in [-0.3, -0.25) is 4.79 Å². The summed E-state index contributed by atoms with van der Waals surface area (Å²) in [6, 6.07) is 10.9. The number of benzene rings is 2. The molecule has 0 fully saturated rings. The normalized spacial score (nSPS) is 11.8. The average Bonchev–Trinajstić information content (AvgIpc) is 2.50. The average molecular weight is 338 g/mol. The first-order valence-corrected chi connectivity index (χ1v) is 7.44. The molecule has 6 heteroatoms. The van der Waals surface area contributed by atoms with Crippen LogP contribution in [0.3, 0.4) is 0 Å². The molecule has 0 radical (unpaired) electrons. The molecular weight excluding hydrogens is 321 g/mol. The monoisotopic (exact) mass is 337 g/mol. The molecule has 0 unspecified atom stereocenters. The first kappa shape index (κ1) is 17.2. The second-order valence-electron chi connectivity index (χ2n) is 5.12. The number of aryl methyl sites for hydroxylation is 1.